The molecule has 1 rings (SSSR count). The van der Waals surface area contributed by atoms with Gasteiger partial charge < -0.3 is 11.1 Å². The summed E-state index contributed by atoms with van der Waals surface area (Å²) < 4.78 is 0. The summed E-state index contributed by atoms with van der Waals surface area (Å²) in [6, 6.07) is 5.62. The first kappa shape index (κ1) is 14.5. The van der Waals surface area contributed by atoms with Crippen LogP contribution in [0.5, 0.6) is 0 Å². The molecule has 0 saturated carbocycles. The van der Waals surface area contributed by atoms with Gasteiger partial charge in [0.2, 0.25) is 5.91 Å². The molecule has 7 heteroatoms. The maximum atomic E-state index is 11.1. The third-order valence-corrected chi connectivity index (χ3v) is 1.73. The third-order valence-electron chi connectivity index (χ3n) is 1.73. The van der Waals surface area contributed by atoms with Gasteiger partial charge in [0.25, 0.3) is 5.69 Å². The Kier molecular flexibility index (Phi) is 6.28. The molecule has 0 heterocycles. The highest BCUT2D eigenvalue weighted by Crippen LogP contribution is 2.15. The topological polar surface area (TPSA) is 98.3 Å². The van der Waals surface area contributed by atoms with Crippen LogP contribution >= 0.6 is 17.0 Å². The number of benzene rings is 1. The molecule has 1 aromatic rings. The van der Waals surface area contributed by atoms with E-state index in [1.807, 2.05) is 0 Å². The van der Waals surface area contributed by atoms with Crippen LogP contribution in [0.2, 0.25) is 0 Å². The standard InChI is InChI=1S/C9H11N3O3.BrH/c10-6-5-9(13)11-7-1-3-8(4-2-7)12(14)15;/h1-4H,5-6,10H2,(H,11,13);1H. The van der Waals surface area contributed by atoms with Gasteiger partial charge in [0.15, 0.2) is 0 Å². The molecule has 0 aliphatic heterocycles. The Hall–Kier alpha value is -1.47. The number of nitro benzene ring substituents is 1. The van der Waals surface area contributed by atoms with Crippen molar-refractivity contribution >= 4 is 34.3 Å². The van der Waals surface area contributed by atoms with Crippen LogP contribution in [0, 0.1) is 10.1 Å². The van der Waals surface area contributed by atoms with Gasteiger partial charge in [-0.05, 0) is 12.1 Å². The second-order valence-electron chi connectivity index (χ2n) is 2.89. The largest absolute Gasteiger partial charge is 0.330 e. The van der Waals surface area contributed by atoms with Crippen molar-refractivity contribution in [3.05, 3.63) is 34.4 Å². The number of amides is 1. The lowest BCUT2D eigenvalue weighted by atomic mass is 10.3. The molecule has 0 aliphatic rings. The van der Waals surface area contributed by atoms with Crippen molar-refractivity contribution in [1.29, 1.82) is 0 Å². The molecule has 1 aromatic carbocycles. The number of nitrogens with zero attached hydrogens (tertiary/aromatic N) is 1. The number of halogens is 1. The molecule has 88 valence electrons. The Morgan fingerprint density at radius 1 is 1.38 bits per heavy atom. The van der Waals surface area contributed by atoms with Crippen LogP contribution in [0.25, 0.3) is 0 Å². The molecule has 0 fully saturated rings. The minimum absolute atomic E-state index is 0. The zero-order valence-electron chi connectivity index (χ0n) is 8.38. The van der Waals surface area contributed by atoms with E-state index in [0.717, 1.165) is 0 Å². The van der Waals surface area contributed by atoms with Gasteiger partial charge in [-0.3, -0.25) is 14.9 Å². The molecule has 0 aliphatic carbocycles. The monoisotopic (exact) mass is 289 g/mol. The van der Waals surface area contributed by atoms with E-state index in [9.17, 15) is 14.9 Å². The first-order chi connectivity index (χ1) is 7.13. The number of nitrogens with two attached hydrogens (primary N) is 1. The van der Waals surface area contributed by atoms with Crippen LogP contribution in [0.3, 0.4) is 0 Å². The van der Waals surface area contributed by atoms with E-state index in [4.69, 9.17) is 5.73 Å². The van der Waals surface area contributed by atoms with Crippen molar-refractivity contribution in [3.63, 3.8) is 0 Å². The highest BCUT2D eigenvalue weighted by molar-refractivity contribution is 8.93. The lowest BCUT2D eigenvalue weighted by Gasteiger charge is -2.02. The Balaban J connectivity index is 0.00000225. The van der Waals surface area contributed by atoms with E-state index < -0.39 is 4.92 Å². The number of non-ortho nitro benzene ring substituents is 1. The van der Waals surface area contributed by atoms with Gasteiger partial charge in [-0.15, -0.1) is 17.0 Å². The summed E-state index contributed by atoms with van der Waals surface area (Å²) in [5.74, 6) is -0.202. The fraction of sp³-hybridized carbons (Fsp3) is 0.222. The van der Waals surface area contributed by atoms with Gasteiger partial charge >= 0.3 is 0 Å². The summed E-state index contributed by atoms with van der Waals surface area (Å²) in [5, 5.41) is 12.9. The summed E-state index contributed by atoms with van der Waals surface area (Å²) >= 11 is 0. The Morgan fingerprint density at radius 3 is 2.38 bits per heavy atom. The number of anilines is 1. The molecule has 16 heavy (non-hydrogen) atoms. The van der Waals surface area contributed by atoms with Crippen LogP contribution in [-0.4, -0.2) is 17.4 Å². The normalized spacial score (nSPS) is 9.06. The van der Waals surface area contributed by atoms with E-state index in [1.54, 1.807) is 0 Å². The average molecular weight is 290 g/mol. The van der Waals surface area contributed by atoms with Crippen LogP contribution in [-0.2, 0) is 4.79 Å². The molecule has 0 atom stereocenters. The lowest BCUT2D eigenvalue weighted by molar-refractivity contribution is -0.384. The molecule has 0 aromatic heterocycles. The molecule has 1 amide bonds. The van der Waals surface area contributed by atoms with Gasteiger partial charge in [-0.2, -0.15) is 0 Å². The fourth-order valence-electron chi connectivity index (χ4n) is 1.02. The summed E-state index contributed by atoms with van der Waals surface area (Å²) in [7, 11) is 0. The summed E-state index contributed by atoms with van der Waals surface area (Å²) in [6.07, 6.45) is 0.233. The second-order valence-corrected chi connectivity index (χ2v) is 2.89. The summed E-state index contributed by atoms with van der Waals surface area (Å²) in [4.78, 5) is 21.0. The fourth-order valence-corrected chi connectivity index (χ4v) is 1.02. The molecule has 0 radical (unpaired) electrons. The van der Waals surface area contributed by atoms with E-state index in [-0.39, 0.29) is 41.5 Å². The predicted octanol–water partition coefficient (Wildman–Crippen LogP) is 1.46. The maximum Gasteiger partial charge on any atom is 0.269 e. The molecule has 3 N–H and O–H groups in total. The van der Waals surface area contributed by atoms with Crippen molar-refractivity contribution in [2.24, 2.45) is 5.73 Å². The molecule has 6 nitrogen and oxygen atoms in total. The Bertz CT molecular complexity index is 367. The average Bonchev–Trinajstić information content (AvgIpc) is 2.18. The molecule has 0 bridgehead atoms. The molecule has 0 saturated heterocycles. The molecule has 0 unspecified atom stereocenters. The second kappa shape index (κ2) is 6.91. The molecule has 0 spiro atoms. The summed E-state index contributed by atoms with van der Waals surface area (Å²) in [5.41, 5.74) is 5.72. The van der Waals surface area contributed by atoms with Crippen molar-refractivity contribution < 1.29 is 9.72 Å². The van der Waals surface area contributed by atoms with Crippen molar-refractivity contribution in [2.75, 3.05) is 11.9 Å². The lowest BCUT2D eigenvalue weighted by Crippen LogP contribution is -2.16. The number of hydrogen-bond donors (Lipinski definition) is 2. The van der Waals surface area contributed by atoms with Gasteiger partial charge in [-0.1, -0.05) is 0 Å². The Morgan fingerprint density at radius 2 is 1.94 bits per heavy atom. The first-order valence-corrected chi connectivity index (χ1v) is 4.38. The van der Waals surface area contributed by atoms with E-state index >= 15 is 0 Å². The van der Waals surface area contributed by atoms with E-state index in [2.05, 4.69) is 5.32 Å². The summed E-state index contributed by atoms with van der Waals surface area (Å²) in [6.45, 7) is 0.277. The predicted molar refractivity (Wildman–Crippen MR) is 65.7 cm³/mol. The highest BCUT2D eigenvalue weighted by Gasteiger charge is 2.05. The minimum Gasteiger partial charge on any atom is -0.330 e. The van der Waals surface area contributed by atoms with E-state index in [0.29, 0.717) is 5.69 Å². The number of hydrogen-bond acceptors (Lipinski definition) is 4. The highest BCUT2D eigenvalue weighted by atomic mass is 79.9. The van der Waals surface area contributed by atoms with Crippen LogP contribution in [0.4, 0.5) is 11.4 Å². The van der Waals surface area contributed by atoms with Crippen molar-refractivity contribution in [2.45, 2.75) is 6.42 Å². The van der Waals surface area contributed by atoms with Crippen LogP contribution in [0.1, 0.15) is 6.42 Å². The minimum atomic E-state index is -0.495. The number of nitro groups is 1. The van der Waals surface area contributed by atoms with Crippen molar-refractivity contribution in [1.82, 2.24) is 0 Å². The Labute approximate surface area is 103 Å². The smallest absolute Gasteiger partial charge is 0.269 e. The zero-order valence-corrected chi connectivity index (χ0v) is 10.1. The van der Waals surface area contributed by atoms with Gasteiger partial charge in [0.05, 0.1) is 4.92 Å². The number of carbonyl (C=O) groups is 1. The zero-order chi connectivity index (χ0) is 11.3. The SMILES string of the molecule is Br.NCCC(=O)Nc1ccc([N+](=O)[O-])cc1. The molecular weight excluding hydrogens is 278 g/mol. The van der Waals surface area contributed by atoms with Gasteiger partial charge in [0.1, 0.15) is 0 Å². The molecular formula is C9H12BrN3O3. The quantitative estimate of drug-likeness (QED) is 0.647. The third kappa shape index (κ3) is 4.37. The van der Waals surface area contributed by atoms with Gasteiger partial charge in [-0.25, -0.2) is 0 Å². The van der Waals surface area contributed by atoms with Crippen molar-refractivity contribution in [3.8, 4) is 0 Å². The van der Waals surface area contributed by atoms with Crippen LogP contribution < -0.4 is 11.1 Å². The maximum absolute atomic E-state index is 11.1. The first-order valence-electron chi connectivity index (χ1n) is 4.38. The number of carbonyl (C=O) groups excluding carboxylic acids is 1. The number of rotatable bonds is 4. The number of nitrogens with one attached hydrogen (secondary N) is 1. The van der Waals surface area contributed by atoms with E-state index in [1.165, 1.54) is 24.3 Å². The van der Waals surface area contributed by atoms with Crippen LogP contribution in [0.15, 0.2) is 24.3 Å². The van der Waals surface area contributed by atoms with Gasteiger partial charge in [0, 0.05) is 30.8 Å².